The zero-order chi connectivity index (χ0) is 17.8. The first-order chi connectivity index (χ1) is 12.8. The molecule has 5 nitrogen and oxygen atoms in total. The van der Waals surface area contributed by atoms with E-state index in [1.54, 1.807) is 0 Å². The number of carbonyl (C=O) groups excluding carboxylic acids is 1. The van der Waals surface area contributed by atoms with Crippen LogP contribution in [0.4, 0.5) is 5.69 Å². The van der Waals surface area contributed by atoms with Gasteiger partial charge in [-0.15, -0.1) is 0 Å². The number of benzene rings is 2. The second-order valence-electron chi connectivity index (χ2n) is 6.73. The second kappa shape index (κ2) is 7.68. The van der Waals surface area contributed by atoms with Crippen LogP contribution in [0.5, 0.6) is 11.5 Å². The van der Waals surface area contributed by atoms with Crippen molar-refractivity contribution < 1.29 is 14.3 Å². The van der Waals surface area contributed by atoms with Gasteiger partial charge in [0.15, 0.2) is 11.5 Å². The maximum atomic E-state index is 12.3. The molecule has 0 bridgehead atoms. The fourth-order valence-corrected chi connectivity index (χ4v) is 3.59. The average molecular weight is 352 g/mol. The van der Waals surface area contributed by atoms with Gasteiger partial charge in [0, 0.05) is 25.3 Å². The smallest absolute Gasteiger partial charge is 0.264 e. The average Bonchev–Trinajstić information content (AvgIpc) is 2.70. The van der Waals surface area contributed by atoms with E-state index in [1.165, 1.54) is 17.7 Å². The molecule has 0 aliphatic carbocycles. The van der Waals surface area contributed by atoms with Crippen molar-refractivity contribution >= 4 is 11.6 Å². The molecular formula is C21H24N2O3. The van der Waals surface area contributed by atoms with E-state index in [2.05, 4.69) is 34.5 Å². The van der Waals surface area contributed by atoms with Crippen LogP contribution in [-0.4, -0.2) is 38.3 Å². The molecule has 1 atom stereocenters. The van der Waals surface area contributed by atoms with E-state index in [0.717, 1.165) is 25.9 Å². The summed E-state index contributed by atoms with van der Waals surface area (Å²) in [5.41, 5.74) is 2.76. The van der Waals surface area contributed by atoms with Crippen LogP contribution in [0.15, 0.2) is 48.5 Å². The third-order valence-electron chi connectivity index (χ3n) is 4.91. The lowest BCUT2D eigenvalue weighted by Crippen LogP contribution is -2.44. The van der Waals surface area contributed by atoms with E-state index in [0.29, 0.717) is 18.0 Å². The van der Waals surface area contributed by atoms with Crippen molar-refractivity contribution in [1.82, 2.24) is 5.32 Å². The molecule has 2 aromatic carbocycles. The maximum Gasteiger partial charge on any atom is 0.264 e. The molecular weight excluding hydrogens is 328 g/mol. The molecule has 26 heavy (non-hydrogen) atoms. The van der Waals surface area contributed by atoms with Crippen LogP contribution in [0.2, 0.25) is 0 Å². The molecule has 0 spiro atoms. The Hall–Kier alpha value is -2.69. The van der Waals surface area contributed by atoms with Gasteiger partial charge in [-0.25, -0.2) is 0 Å². The Labute approximate surface area is 153 Å². The van der Waals surface area contributed by atoms with E-state index >= 15 is 0 Å². The monoisotopic (exact) mass is 352 g/mol. The number of nitrogens with zero attached hydrogens (tertiary/aromatic N) is 1. The lowest BCUT2D eigenvalue weighted by atomic mass is 10.0. The van der Waals surface area contributed by atoms with E-state index in [4.69, 9.17) is 9.47 Å². The summed E-state index contributed by atoms with van der Waals surface area (Å²) >= 11 is 0. The summed E-state index contributed by atoms with van der Waals surface area (Å²) in [7, 11) is 0. The molecule has 5 heteroatoms. The lowest BCUT2D eigenvalue weighted by Gasteiger charge is -2.31. The summed E-state index contributed by atoms with van der Waals surface area (Å²) in [5.74, 6) is 1.21. The van der Waals surface area contributed by atoms with Gasteiger partial charge in [0.25, 0.3) is 5.91 Å². The van der Waals surface area contributed by atoms with Crippen LogP contribution in [0, 0.1) is 0 Å². The first-order valence-corrected chi connectivity index (χ1v) is 9.30. The molecule has 0 unspecified atom stereocenters. The Kier molecular flexibility index (Phi) is 4.95. The van der Waals surface area contributed by atoms with Crippen LogP contribution in [0.1, 0.15) is 18.4 Å². The van der Waals surface area contributed by atoms with Gasteiger partial charge in [-0.05, 0) is 43.0 Å². The molecule has 2 aromatic rings. The summed E-state index contributed by atoms with van der Waals surface area (Å²) < 4.78 is 11.3. The van der Waals surface area contributed by atoms with Crippen LogP contribution in [-0.2, 0) is 11.2 Å². The van der Waals surface area contributed by atoms with Crippen molar-refractivity contribution in [3.05, 3.63) is 54.1 Å². The number of anilines is 1. The van der Waals surface area contributed by atoms with Gasteiger partial charge in [0.05, 0.1) is 0 Å². The number of rotatable bonds is 5. The predicted molar refractivity (Wildman–Crippen MR) is 101 cm³/mol. The lowest BCUT2D eigenvalue weighted by molar-refractivity contribution is -0.130. The highest BCUT2D eigenvalue weighted by molar-refractivity contribution is 5.81. The van der Waals surface area contributed by atoms with Gasteiger partial charge in [-0.1, -0.05) is 30.3 Å². The molecule has 2 aliphatic heterocycles. The highest BCUT2D eigenvalue weighted by Crippen LogP contribution is 2.31. The highest BCUT2D eigenvalue weighted by atomic mass is 16.6. The fourth-order valence-electron chi connectivity index (χ4n) is 3.59. The number of amides is 1. The number of carbonyl (C=O) groups is 1. The van der Waals surface area contributed by atoms with E-state index in [-0.39, 0.29) is 12.5 Å². The molecule has 0 aromatic heterocycles. The minimum Gasteiger partial charge on any atom is -0.485 e. The largest absolute Gasteiger partial charge is 0.485 e. The van der Waals surface area contributed by atoms with Gasteiger partial charge < -0.3 is 19.7 Å². The zero-order valence-electron chi connectivity index (χ0n) is 14.8. The Morgan fingerprint density at radius 3 is 2.85 bits per heavy atom. The first kappa shape index (κ1) is 16.8. The van der Waals surface area contributed by atoms with Gasteiger partial charge in [-0.2, -0.15) is 0 Å². The van der Waals surface area contributed by atoms with E-state index in [9.17, 15) is 4.79 Å². The predicted octanol–water partition coefficient (Wildman–Crippen LogP) is 2.79. The number of aryl methyl sites for hydroxylation is 1. The number of ether oxygens (including phenoxy) is 2. The molecule has 2 heterocycles. The molecule has 0 fully saturated rings. The van der Waals surface area contributed by atoms with Crippen LogP contribution in [0.3, 0.4) is 0 Å². The van der Waals surface area contributed by atoms with E-state index < -0.39 is 6.10 Å². The first-order valence-electron chi connectivity index (χ1n) is 9.30. The quantitative estimate of drug-likeness (QED) is 0.841. The maximum absolute atomic E-state index is 12.3. The van der Waals surface area contributed by atoms with Crippen molar-refractivity contribution in [2.45, 2.75) is 25.4 Å². The summed E-state index contributed by atoms with van der Waals surface area (Å²) in [6.07, 6.45) is 2.67. The van der Waals surface area contributed by atoms with Gasteiger partial charge in [0.2, 0.25) is 6.10 Å². The Bertz CT molecular complexity index is 777. The standard InChI is InChI=1S/C21H24N2O3/c24-21(20-15-25-18-10-3-4-11-19(18)26-20)22-12-6-14-23-13-5-8-16-7-1-2-9-17(16)23/h1-4,7,9-11,20H,5-6,8,12-15H2,(H,22,24)/t20-/m1/s1. The van der Waals surface area contributed by atoms with Gasteiger partial charge in [-0.3, -0.25) is 4.79 Å². The Morgan fingerprint density at radius 1 is 1.12 bits per heavy atom. The van der Waals surface area contributed by atoms with Crippen LogP contribution in [0.25, 0.3) is 0 Å². The van der Waals surface area contributed by atoms with Crippen molar-refractivity contribution in [2.24, 2.45) is 0 Å². The highest BCUT2D eigenvalue weighted by Gasteiger charge is 2.26. The summed E-state index contributed by atoms with van der Waals surface area (Å²) in [6.45, 7) is 2.92. The SMILES string of the molecule is O=C(NCCCN1CCCc2ccccc21)[C@H]1COc2ccccc2O1. The third-order valence-corrected chi connectivity index (χ3v) is 4.91. The molecule has 0 saturated carbocycles. The minimum atomic E-state index is -0.583. The number of fused-ring (bicyclic) bond motifs is 2. The molecule has 1 amide bonds. The fraction of sp³-hybridized carbons (Fsp3) is 0.381. The minimum absolute atomic E-state index is 0.112. The van der Waals surface area contributed by atoms with E-state index in [1.807, 2.05) is 24.3 Å². The third kappa shape index (κ3) is 3.62. The summed E-state index contributed by atoms with van der Waals surface area (Å²) in [6, 6.07) is 16.0. The number of para-hydroxylation sites is 3. The molecule has 0 radical (unpaired) electrons. The molecule has 0 saturated heterocycles. The molecule has 136 valence electrons. The number of hydrogen-bond donors (Lipinski definition) is 1. The number of hydrogen-bond acceptors (Lipinski definition) is 4. The zero-order valence-corrected chi connectivity index (χ0v) is 14.8. The van der Waals surface area contributed by atoms with Crippen LogP contribution >= 0.6 is 0 Å². The van der Waals surface area contributed by atoms with Gasteiger partial charge in [0.1, 0.15) is 6.61 Å². The van der Waals surface area contributed by atoms with Crippen molar-refractivity contribution in [2.75, 3.05) is 31.1 Å². The number of nitrogens with one attached hydrogen (secondary N) is 1. The van der Waals surface area contributed by atoms with Crippen molar-refractivity contribution in [3.8, 4) is 11.5 Å². The Morgan fingerprint density at radius 2 is 1.92 bits per heavy atom. The topological polar surface area (TPSA) is 50.8 Å². The normalized spacial score (nSPS) is 18.2. The molecule has 1 N–H and O–H groups in total. The van der Waals surface area contributed by atoms with Crippen LogP contribution < -0.4 is 19.7 Å². The summed E-state index contributed by atoms with van der Waals surface area (Å²) in [5, 5.41) is 2.98. The molecule has 4 rings (SSSR count). The van der Waals surface area contributed by atoms with Crippen molar-refractivity contribution in [3.63, 3.8) is 0 Å². The van der Waals surface area contributed by atoms with Crippen molar-refractivity contribution in [1.29, 1.82) is 0 Å². The molecule has 2 aliphatic rings. The van der Waals surface area contributed by atoms with Gasteiger partial charge >= 0.3 is 0 Å². The second-order valence-corrected chi connectivity index (χ2v) is 6.73. The Balaban J connectivity index is 1.24. The summed E-state index contributed by atoms with van der Waals surface area (Å²) in [4.78, 5) is 14.7.